The Kier molecular flexibility index (Phi) is 33.7. The van der Waals surface area contributed by atoms with Crippen LogP contribution in [0, 0.1) is 5.41 Å². The predicted molar refractivity (Wildman–Crippen MR) is 122 cm³/mol. The Morgan fingerprint density at radius 2 is 0.828 bits per heavy atom. The summed E-state index contributed by atoms with van der Waals surface area (Å²) in [5.41, 5.74) is -0.708. The van der Waals surface area contributed by atoms with Crippen LogP contribution in [0.15, 0.2) is 0 Å². The van der Waals surface area contributed by atoms with Gasteiger partial charge in [-0.1, -0.05) is 6.92 Å². The van der Waals surface area contributed by atoms with Crippen molar-refractivity contribution in [2.45, 2.75) is 45.4 Å². The van der Waals surface area contributed by atoms with Gasteiger partial charge in [0.2, 0.25) is 0 Å². The predicted octanol–water partition coefficient (Wildman–Crippen LogP) is 1.31. The summed E-state index contributed by atoms with van der Waals surface area (Å²) in [4.78, 5) is 29.2. The van der Waals surface area contributed by atoms with Crippen LogP contribution in [0.2, 0.25) is 0 Å². The average molecular weight is 481 g/mol. The fourth-order valence-corrected chi connectivity index (χ4v) is 1.32. The summed E-state index contributed by atoms with van der Waals surface area (Å²) in [6.07, 6.45) is 2.71. The van der Waals surface area contributed by atoms with E-state index in [1.54, 1.807) is 6.92 Å². The van der Waals surface area contributed by atoms with E-state index in [0.717, 1.165) is 0 Å². The molecule has 0 aromatic carbocycles. The van der Waals surface area contributed by atoms with Crippen molar-refractivity contribution in [2.75, 3.05) is 37.1 Å². The van der Waals surface area contributed by atoms with E-state index in [9.17, 15) is 14.4 Å². The maximum absolute atomic E-state index is 9.72. The third-order valence-corrected chi connectivity index (χ3v) is 3.74. The first-order valence-corrected chi connectivity index (χ1v) is 10.7. The highest BCUT2D eigenvalue weighted by atomic mass is 32.1. The van der Waals surface area contributed by atoms with E-state index in [1.165, 1.54) is 0 Å². The van der Waals surface area contributed by atoms with Gasteiger partial charge in [0.05, 0.1) is 19.8 Å². The maximum atomic E-state index is 9.72. The van der Waals surface area contributed by atoms with Crippen LogP contribution < -0.4 is 0 Å². The zero-order chi connectivity index (χ0) is 23.7. The Morgan fingerprint density at radius 1 is 0.621 bits per heavy atom. The number of thiol groups is 3. The van der Waals surface area contributed by atoms with Crippen LogP contribution in [0.4, 0.5) is 0 Å². The van der Waals surface area contributed by atoms with Crippen molar-refractivity contribution in [1.82, 2.24) is 0 Å². The molecule has 9 nitrogen and oxygen atoms in total. The van der Waals surface area contributed by atoms with Crippen molar-refractivity contribution in [3.05, 3.63) is 0 Å². The number of aliphatic carboxylic acids is 3. The molecule has 0 fully saturated rings. The molecule has 0 bridgehead atoms. The summed E-state index contributed by atoms with van der Waals surface area (Å²) in [7, 11) is 0. The van der Waals surface area contributed by atoms with Gasteiger partial charge in [0, 0.05) is 24.7 Å². The quantitative estimate of drug-likeness (QED) is 0.187. The smallest absolute Gasteiger partial charge is 0.303 e. The molecule has 0 aromatic heterocycles. The molecule has 0 aliphatic carbocycles. The van der Waals surface area contributed by atoms with Gasteiger partial charge in [-0.2, -0.15) is 37.9 Å². The van der Waals surface area contributed by atoms with E-state index in [-0.39, 0.29) is 39.1 Å². The van der Waals surface area contributed by atoms with Crippen molar-refractivity contribution < 1.29 is 45.0 Å². The molecule has 0 aliphatic heterocycles. The Morgan fingerprint density at radius 3 is 0.862 bits per heavy atom. The van der Waals surface area contributed by atoms with E-state index < -0.39 is 23.3 Å². The molecule has 12 heteroatoms. The number of hydrogen-bond acceptors (Lipinski definition) is 9. The van der Waals surface area contributed by atoms with Gasteiger partial charge in [0.15, 0.2) is 0 Å². The van der Waals surface area contributed by atoms with Crippen LogP contribution in [0.1, 0.15) is 45.4 Å². The minimum absolute atomic E-state index is 0.181. The van der Waals surface area contributed by atoms with E-state index in [4.69, 9.17) is 30.6 Å². The Bertz CT molecular complexity index is 341. The first-order chi connectivity index (χ1) is 13.5. The molecule has 0 unspecified atom stereocenters. The molecule has 0 rings (SSSR count). The molecule has 0 aliphatic rings. The molecule has 176 valence electrons. The molecular weight excluding hydrogens is 444 g/mol. The monoisotopic (exact) mass is 480 g/mol. The first kappa shape index (κ1) is 35.8. The topological polar surface area (TPSA) is 173 Å². The zero-order valence-corrected chi connectivity index (χ0v) is 19.4. The van der Waals surface area contributed by atoms with Crippen LogP contribution in [-0.4, -0.2) is 85.6 Å². The SMILES string of the molecule is CC(CO)(CO)CO.O=C(O)CCCS.O=C(O)CCCS.O=C(O)CCCS. The normalized spacial score (nSPS) is 9.62. The fourth-order valence-electron chi connectivity index (χ4n) is 0.841. The zero-order valence-electron chi connectivity index (χ0n) is 16.7. The molecule has 0 heterocycles. The maximum Gasteiger partial charge on any atom is 0.303 e. The first-order valence-electron chi connectivity index (χ1n) is 8.80. The number of hydrogen-bond donors (Lipinski definition) is 9. The molecule has 0 radical (unpaired) electrons. The lowest BCUT2D eigenvalue weighted by Crippen LogP contribution is -2.29. The molecule has 29 heavy (non-hydrogen) atoms. The van der Waals surface area contributed by atoms with Gasteiger partial charge >= 0.3 is 17.9 Å². The van der Waals surface area contributed by atoms with Gasteiger partial charge in [0.25, 0.3) is 0 Å². The second kappa shape index (κ2) is 27.3. The van der Waals surface area contributed by atoms with Gasteiger partial charge in [0.1, 0.15) is 0 Å². The van der Waals surface area contributed by atoms with Crippen molar-refractivity contribution in [2.24, 2.45) is 5.41 Å². The Labute approximate surface area is 188 Å². The van der Waals surface area contributed by atoms with Crippen molar-refractivity contribution in [1.29, 1.82) is 0 Å². The standard InChI is InChI=1S/C5H12O3.3C4H8O2S/c1-5(2-6,3-7)4-8;3*5-4(6)2-1-3-7/h6-8H,2-4H2,1H3;3*7H,1-3H2,(H,5,6). The lowest BCUT2D eigenvalue weighted by molar-refractivity contribution is -0.138. The summed E-state index contributed by atoms with van der Waals surface area (Å²) >= 11 is 11.5. The molecule has 0 amide bonds. The Balaban J connectivity index is -0.000000144. The Hall–Kier alpha value is -0.660. The summed E-state index contributed by atoms with van der Waals surface area (Å²) in [6.45, 7) is 1.06. The van der Waals surface area contributed by atoms with Gasteiger partial charge in [-0.15, -0.1) is 0 Å². The molecule has 0 spiro atoms. The molecule has 0 aromatic rings. The van der Waals surface area contributed by atoms with Gasteiger partial charge in [-0.05, 0) is 36.5 Å². The number of carboxylic acid groups (broad SMARTS) is 3. The number of aliphatic hydroxyl groups is 3. The van der Waals surface area contributed by atoms with Crippen LogP contribution in [0.3, 0.4) is 0 Å². The lowest BCUT2D eigenvalue weighted by atomic mass is 9.95. The van der Waals surface area contributed by atoms with Crippen molar-refractivity contribution in [3.8, 4) is 0 Å². The minimum Gasteiger partial charge on any atom is -0.481 e. The highest BCUT2D eigenvalue weighted by Gasteiger charge is 2.20. The van der Waals surface area contributed by atoms with Gasteiger partial charge in [-0.25, -0.2) is 0 Å². The van der Waals surface area contributed by atoms with Crippen LogP contribution >= 0.6 is 37.9 Å². The molecule has 6 N–H and O–H groups in total. The van der Waals surface area contributed by atoms with Crippen molar-refractivity contribution >= 4 is 55.8 Å². The van der Waals surface area contributed by atoms with E-state index in [0.29, 0.717) is 36.5 Å². The largest absolute Gasteiger partial charge is 0.481 e. The summed E-state index contributed by atoms with van der Waals surface area (Å²) < 4.78 is 0. The van der Waals surface area contributed by atoms with Crippen LogP contribution in [0.25, 0.3) is 0 Å². The van der Waals surface area contributed by atoms with E-state index in [1.807, 2.05) is 0 Å². The second-order valence-corrected chi connectivity index (χ2v) is 7.29. The van der Waals surface area contributed by atoms with Gasteiger partial charge < -0.3 is 30.6 Å². The van der Waals surface area contributed by atoms with Gasteiger partial charge in [-0.3, -0.25) is 14.4 Å². The minimum atomic E-state index is -0.742. The van der Waals surface area contributed by atoms with Crippen molar-refractivity contribution in [3.63, 3.8) is 0 Å². The third kappa shape index (κ3) is 42.4. The third-order valence-electron chi connectivity index (χ3n) is 2.79. The summed E-state index contributed by atoms with van der Waals surface area (Å²) in [6, 6.07) is 0. The summed E-state index contributed by atoms with van der Waals surface area (Å²) in [5, 5.41) is 49.4. The molecule has 0 saturated carbocycles. The highest BCUT2D eigenvalue weighted by Crippen LogP contribution is 2.10. The number of carbonyl (C=O) groups is 3. The number of rotatable bonds is 12. The molecular formula is C17H36O9S3. The second-order valence-electron chi connectivity index (χ2n) is 5.95. The average Bonchev–Trinajstić information content (AvgIpc) is 2.69. The number of carboxylic acids is 3. The van der Waals surface area contributed by atoms with E-state index in [2.05, 4.69) is 37.9 Å². The van der Waals surface area contributed by atoms with Crippen LogP contribution in [-0.2, 0) is 14.4 Å². The molecule has 0 saturated heterocycles. The lowest BCUT2D eigenvalue weighted by Gasteiger charge is -2.20. The van der Waals surface area contributed by atoms with E-state index >= 15 is 0 Å². The van der Waals surface area contributed by atoms with Crippen LogP contribution in [0.5, 0.6) is 0 Å². The fraction of sp³-hybridized carbons (Fsp3) is 0.824. The summed E-state index contributed by atoms with van der Waals surface area (Å²) in [5.74, 6) is -0.248. The molecule has 0 atom stereocenters. The number of aliphatic hydroxyl groups excluding tert-OH is 3. The highest BCUT2D eigenvalue weighted by molar-refractivity contribution is 7.80.